The molecule has 1 saturated heterocycles. The molecule has 2 heterocycles. The molecule has 2 aromatic rings. The van der Waals surface area contributed by atoms with Crippen molar-refractivity contribution in [2.24, 2.45) is 4.99 Å². The average molecular weight is 529 g/mol. The Hall–Kier alpha value is -1.58. The molecular formula is C21H30ClIN6. The van der Waals surface area contributed by atoms with E-state index in [0.29, 0.717) is 6.54 Å². The third-order valence-corrected chi connectivity index (χ3v) is 5.25. The second-order valence-corrected chi connectivity index (χ2v) is 7.63. The fraction of sp³-hybridized carbons (Fsp3) is 0.429. The monoisotopic (exact) mass is 528 g/mol. The van der Waals surface area contributed by atoms with Gasteiger partial charge < -0.3 is 20.0 Å². The maximum absolute atomic E-state index is 5.97. The Bertz CT molecular complexity index is 790. The van der Waals surface area contributed by atoms with Crippen LogP contribution in [0.2, 0.25) is 5.02 Å². The lowest BCUT2D eigenvalue weighted by Crippen LogP contribution is -2.44. The summed E-state index contributed by atoms with van der Waals surface area (Å²) in [4.78, 5) is 15.8. The zero-order chi connectivity index (χ0) is 19.9. The largest absolute Gasteiger partial charge is 0.354 e. The van der Waals surface area contributed by atoms with E-state index >= 15 is 0 Å². The molecule has 0 spiro atoms. The lowest BCUT2D eigenvalue weighted by Gasteiger charge is -2.33. The van der Waals surface area contributed by atoms with Crippen molar-refractivity contribution in [3.8, 4) is 0 Å². The highest BCUT2D eigenvalue weighted by Crippen LogP contribution is 2.15. The first-order chi connectivity index (χ1) is 13.5. The number of nitrogens with zero attached hydrogens (tertiary/aromatic N) is 5. The van der Waals surface area contributed by atoms with Crippen molar-refractivity contribution in [3.05, 3.63) is 58.7 Å². The average Bonchev–Trinajstić information content (AvgIpc) is 2.71. The molecule has 0 radical (unpaired) electrons. The van der Waals surface area contributed by atoms with Gasteiger partial charge in [0.05, 0.1) is 0 Å². The summed E-state index contributed by atoms with van der Waals surface area (Å²) >= 11 is 5.97. The Kier molecular flexibility index (Phi) is 9.45. The molecule has 3 rings (SSSR count). The van der Waals surface area contributed by atoms with Gasteiger partial charge in [-0.2, -0.15) is 0 Å². The molecule has 0 saturated carbocycles. The first-order valence-electron chi connectivity index (χ1n) is 9.60. The minimum atomic E-state index is 0. The number of likely N-dealkylation sites (N-methyl/N-ethyl adjacent to an activating group) is 1. The van der Waals surface area contributed by atoms with Crippen LogP contribution in [0.1, 0.15) is 11.1 Å². The van der Waals surface area contributed by atoms with Crippen LogP contribution in [0, 0.1) is 0 Å². The number of hydrogen-bond donors (Lipinski definition) is 1. The minimum absolute atomic E-state index is 0. The van der Waals surface area contributed by atoms with Crippen LogP contribution in [0.25, 0.3) is 0 Å². The smallest absolute Gasteiger partial charge is 0.193 e. The number of rotatable bonds is 5. The molecule has 0 unspecified atom stereocenters. The number of hydrogen-bond acceptors (Lipinski definition) is 4. The van der Waals surface area contributed by atoms with E-state index in [1.165, 1.54) is 11.1 Å². The molecular weight excluding hydrogens is 499 g/mol. The summed E-state index contributed by atoms with van der Waals surface area (Å²) in [6.45, 7) is 5.66. The molecule has 0 bridgehead atoms. The van der Waals surface area contributed by atoms with E-state index in [0.717, 1.165) is 49.5 Å². The number of aromatic nitrogens is 1. The molecule has 0 amide bonds. The summed E-state index contributed by atoms with van der Waals surface area (Å²) in [5.41, 5.74) is 2.39. The van der Waals surface area contributed by atoms with Gasteiger partial charge in [-0.3, -0.25) is 4.99 Å². The van der Waals surface area contributed by atoms with Crippen LogP contribution in [0.3, 0.4) is 0 Å². The quantitative estimate of drug-likeness (QED) is 0.367. The molecule has 1 aromatic heterocycles. The predicted octanol–water partition coefficient (Wildman–Crippen LogP) is 3.31. The molecule has 0 aliphatic carbocycles. The molecule has 8 heteroatoms. The second kappa shape index (κ2) is 11.6. The zero-order valence-electron chi connectivity index (χ0n) is 17.3. The summed E-state index contributed by atoms with van der Waals surface area (Å²) in [6, 6.07) is 12.1. The van der Waals surface area contributed by atoms with E-state index in [1.807, 2.05) is 44.6 Å². The number of anilines is 1. The van der Waals surface area contributed by atoms with Gasteiger partial charge in [0.1, 0.15) is 5.82 Å². The predicted molar refractivity (Wildman–Crippen MR) is 132 cm³/mol. The molecule has 1 N–H and O–H groups in total. The van der Waals surface area contributed by atoms with Crippen LogP contribution < -0.4 is 10.2 Å². The third kappa shape index (κ3) is 7.01. The van der Waals surface area contributed by atoms with Crippen molar-refractivity contribution in [1.82, 2.24) is 20.1 Å². The van der Waals surface area contributed by atoms with E-state index in [4.69, 9.17) is 11.6 Å². The van der Waals surface area contributed by atoms with E-state index < -0.39 is 0 Å². The van der Waals surface area contributed by atoms with E-state index in [2.05, 4.69) is 49.2 Å². The standard InChI is InChI=1S/C21H29ClN6.HI/c1-23-21(27(3)16-17-4-6-19(22)7-5-17)25-15-18-8-9-24-20(14-18)28-12-10-26(2)11-13-28;/h4-9,14H,10-13,15-16H2,1-3H3,(H,23,25);1H. The number of aliphatic imine (C=N–C) groups is 1. The van der Waals surface area contributed by atoms with Gasteiger partial charge in [0, 0.05) is 64.6 Å². The highest BCUT2D eigenvalue weighted by Gasteiger charge is 2.15. The molecule has 1 aliphatic rings. The topological polar surface area (TPSA) is 47.0 Å². The maximum atomic E-state index is 5.97. The Morgan fingerprint density at radius 2 is 1.83 bits per heavy atom. The van der Waals surface area contributed by atoms with Gasteiger partial charge in [-0.25, -0.2) is 4.98 Å². The van der Waals surface area contributed by atoms with Crippen LogP contribution in [0.15, 0.2) is 47.6 Å². The first-order valence-corrected chi connectivity index (χ1v) is 9.97. The van der Waals surface area contributed by atoms with Crippen molar-refractivity contribution >= 4 is 47.4 Å². The van der Waals surface area contributed by atoms with Gasteiger partial charge in [0.2, 0.25) is 0 Å². The minimum Gasteiger partial charge on any atom is -0.354 e. The van der Waals surface area contributed by atoms with Gasteiger partial charge in [-0.1, -0.05) is 23.7 Å². The van der Waals surface area contributed by atoms with Crippen molar-refractivity contribution in [1.29, 1.82) is 0 Å². The SMILES string of the molecule is CN=C(NCc1ccnc(N2CCN(C)CC2)c1)N(C)Cc1ccc(Cl)cc1.I. The lowest BCUT2D eigenvalue weighted by atomic mass is 10.2. The number of guanidine groups is 1. The summed E-state index contributed by atoms with van der Waals surface area (Å²) in [5.74, 6) is 1.91. The van der Waals surface area contributed by atoms with Crippen molar-refractivity contribution in [2.45, 2.75) is 13.1 Å². The number of benzene rings is 1. The van der Waals surface area contributed by atoms with Gasteiger partial charge in [0.25, 0.3) is 0 Å². The van der Waals surface area contributed by atoms with Gasteiger partial charge >= 0.3 is 0 Å². The van der Waals surface area contributed by atoms with Gasteiger partial charge in [-0.15, -0.1) is 24.0 Å². The van der Waals surface area contributed by atoms with Crippen LogP contribution in [-0.4, -0.2) is 68.1 Å². The Balaban J connectivity index is 0.00000300. The van der Waals surface area contributed by atoms with Crippen molar-refractivity contribution in [3.63, 3.8) is 0 Å². The van der Waals surface area contributed by atoms with Crippen LogP contribution in [-0.2, 0) is 13.1 Å². The Morgan fingerprint density at radius 3 is 2.48 bits per heavy atom. The number of nitrogens with one attached hydrogen (secondary N) is 1. The van der Waals surface area contributed by atoms with Crippen molar-refractivity contribution in [2.75, 3.05) is 52.2 Å². The molecule has 29 heavy (non-hydrogen) atoms. The molecule has 1 fully saturated rings. The van der Waals surface area contributed by atoms with E-state index in [-0.39, 0.29) is 24.0 Å². The second-order valence-electron chi connectivity index (χ2n) is 7.20. The normalized spacial score (nSPS) is 15.0. The highest BCUT2D eigenvalue weighted by molar-refractivity contribution is 14.0. The summed E-state index contributed by atoms with van der Waals surface area (Å²) in [5, 5.41) is 4.20. The molecule has 0 atom stereocenters. The maximum Gasteiger partial charge on any atom is 0.193 e. The third-order valence-electron chi connectivity index (χ3n) is 4.99. The summed E-state index contributed by atoms with van der Waals surface area (Å²) < 4.78 is 0. The van der Waals surface area contributed by atoms with Crippen molar-refractivity contribution < 1.29 is 0 Å². The van der Waals surface area contributed by atoms with Crippen LogP contribution >= 0.6 is 35.6 Å². The number of pyridine rings is 1. The van der Waals surface area contributed by atoms with Gasteiger partial charge in [0.15, 0.2) is 5.96 Å². The highest BCUT2D eigenvalue weighted by atomic mass is 127. The van der Waals surface area contributed by atoms with Crippen LogP contribution in [0.4, 0.5) is 5.82 Å². The lowest BCUT2D eigenvalue weighted by molar-refractivity contribution is 0.312. The first kappa shape index (κ1) is 23.7. The fourth-order valence-corrected chi connectivity index (χ4v) is 3.41. The van der Waals surface area contributed by atoms with Gasteiger partial charge in [-0.05, 0) is 42.4 Å². The van der Waals surface area contributed by atoms with E-state index in [1.54, 1.807) is 0 Å². The summed E-state index contributed by atoms with van der Waals surface area (Å²) in [6.07, 6.45) is 1.89. The number of halogens is 2. The zero-order valence-corrected chi connectivity index (χ0v) is 20.4. The Morgan fingerprint density at radius 1 is 1.14 bits per heavy atom. The number of piperazine rings is 1. The molecule has 6 nitrogen and oxygen atoms in total. The molecule has 158 valence electrons. The Labute approximate surface area is 196 Å². The summed E-state index contributed by atoms with van der Waals surface area (Å²) in [7, 11) is 6.01. The van der Waals surface area contributed by atoms with E-state index in [9.17, 15) is 0 Å². The molecule has 1 aliphatic heterocycles. The van der Waals surface area contributed by atoms with Crippen LogP contribution in [0.5, 0.6) is 0 Å². The fourth-order valence-electron chi connectivity index (χ4n) is 3.28. The molecule has 1 aromatic carbocycles.